The zero-order chi connectivity index (χ0) is 9.19. The van der Waals surface area contributed by atoms with Gasteiger partial charge in [-0.2, -0.15) is 0 Å². The average Bonchev–Trinajstić information content (AvgIpc) is 2.38. The number of carboxylic acid groups (broad SMARTS) is 1. The number of rotatable bonds is 3. The second-order valence-corrected chi connectivity index (χ2v) is 3.87. The predicted molar refractivity (Wildman–Crippen MR) is 45.6 cm³/mol. The van der Waals surface area contributed by atoms with Gasteiger partial charge in [0.15, 0.2) is 0 Å². The molecular weight excluding hydrogens is 156 g/mol. The number of aliphatic carboxylic acids is 1. The summed E-state index contributed by atoms with van der Waals surface area (Å²) in [5.41, 5.74) is 2.48. The van der Waals surface area contributed by atoms with E-state index in [1.807, 2.05) is 5.01 Å². The van der Waals surface area contributed by atoms with Gasteiger partial charge in [-0.05, 0) is 20.3 Å². The van der Waals surface area contributed by atoms with Gasteiger partial charge in [-0.25, -0.2) is 5.01 Å². The van der Waals surface area contributed by atoms with Gasteiger partial charge < -0.3 is 5.11 Å². The highest BCUT2D eigenvalue weighted by molar-refractivity contribution is 5.73. The molecule has 0 spiro atoms. The number of hydrogen-bond donors (Lipinski definition) is 2. The monoisotopic (exact) mass is 172 g/mol. The maximum absolute atomic E-state index is 10.8. The largest absolute Gasteiger partial charge is 0.481 e. The van der Waals surface area contributed by atoms with E-state index in [0.29, 0.717) is 6.54 Å². The van der Waals surface area contributed by atoms with Gasteiger partial charge in [0.25, 0.3) is 0 Å². The fourth-order valence-corrected chi connectivity index (χ4v) is 1.27. The molecule has 0 radical (unpaired) electrons. The van der Waals surface area contributed by atoms with Crippen LogP contribution in [0.3, 0.4) is 0 Å². The molecule has 0 amide bonds. The molecule has 0 aromatic carbocycles. The molecule has 2 N–H and O–H groups in total. The van der Waals surface area contributed by atoms with Crippen LogP contribution in [-0.2, 0) is 4.79 Å². The Balaban J connectivity index is 2.42. The van der Waals surface area contributed by atoms with Crippen molar-refractivity contribution >= 4 is 5.97 Å². The van der Waals surface area contributed by atoms with E-state index in [-0.39, 0.29) is 0 Å². The number of carboxylic acids is 1. The predicted octanol–water partition coefficient (Wildman–Crippen LogP) is 0.308. The third kappa shape index (κ3) is 2.19. The van der Waals surface area contributed by atoms with E-state index in [9.17, 15) is 4.79 Å². The normalized spacial score (nSPS) is 19.8. The van der Waals surface area contributed by atoms with Crippen LogP contribution in [0.5, 0.6) is 0 Å². The topological polar surface area (TPSA) is 52.6 Å². The number of hydrogen-bond acceptors (Lipinski definition) is 3. The number of nitrogens with zero attached hydrogens (tertiary/aromatic N) is 1. The van der Waals surface area contributed by atoms with Crippen LogP contribution in [0.15, 0.2) is 0 Å². The Labute approximate surface area is 72.5 Å². The first kappa shape index (κ1) is 9.48. The van der Waals surface area contributed by atoms with Gasteiger partial charge >= 0.3 is 5.97 Å². The van der Waals surface area contributed by atoms with Crippen molar-refractivity contribution in [3.8, 4) is 0 Å². The Kier molecular flexibility index (Phi) is 2.69. The number of carbonyl (C=O) groups is 1. The molecule has 1 aliphatic rings. The van der Waals surface area contributed by atoms with Crippen molar-refractivity contribution in [1.29, 1.82) is 0 Å². The summed E-state index contributed by atoms with van der Waals surface area (Å²) in [6.07, 6.45) is 1.11. The van der Waals surface area contributed by atoms with Gasteiger partial charge in [0.1, 0.15) is 0 Å². The third-order valence-corrected chi connectivity index (χ3v) is 2.11. The molecule has 0 atom stereocenters. The maximum Gasteiger partial charge on any atom is 0.310 e. The Morgan fingerprint density at radius 3 is 2.75 bits per heavy atom. The summed E-state index contributed by atoms with van der Waals surface area (Å²) in [6.45, 7) is 5.99. The van der Waals surface area contributed by atoms with Gasteiger partial charge in [0.05, 0.1) is 5.41 Å². The lowest BCUT2D eigenvalue weighted by atomic mass is 9.94. The zero-order valence-electron chi connectivity index (χ0n) is 7.63. The SMILES string of the molecule is CC(C)(CN1CCCN1)C(=O)O. The maximum atomic E-state index is 10.8. The highest BCUT2D eigenvalue weighted by Crippen LogP contribution is 2.17. The quantitative estimate of drug-likeness (QED) is 0.643. The Hall–Kier alpha value is -0.610. The Morgan fingerprint density at radius 2 is 2.33 bits per heavy atom. The summed E-state index contributed by atoms with van der Waals surface area (Å²) in [4.78, 5) is 10.8. The lowest BCUT2D eigenvalue weighted by Gasteiger charge is -2.25. The summed E-state index contributed by atoms with van der Waals surface area (Å²) >= 11 is 0. The van der Waals surface area contributed by atoms with E-state index in [1.54, 1.807) is 13.8 Å². The van der Waals surface area contributed by atoms with Crippen LogP contribution < -0.4 is 5.43 Å². The summed E-state index contributed by atoms with van der Waals surface area (Å²) in [7, 11) is 0. The summed E-state index contributed by atoms with van der Waals surface area (Å²) in [6, 6.07) is 0. The lowest BCUT2D eigenvalue weighted by Crippen LogP contribution is -2.42. The van der Waals surface area contributed by atoms with E-state index in [4.69, 9.17) is 5.11 Å². The smallest absolute Gasteiger partial charge is 0.310 e. The van der Waals surface area contributed by atoms with Crippen molar-refractivity contribution in [2.24, 2.45) is 5.41 Å². The van der Waals surface area contributed by atoms with Crippen LogP contribution in [0, 0.1) is 5.41 Å². The van der Waals surface area contributed by atoms with Crippen molar-refractivity contribution < 1.29 is 9.90 Å². The first-order chi connectivity index (χ1) is 5.52. The van der Waals surface area contributed by atoms with Crippen LogP contribution in [0.1, 0.15) is 20.3 Å². The van der Waals surface area contributed by atoms with Crippen molar-refractivity contribution in [3.63, 3.8) is 0 Å². The highest BCUT2D eigenvalue weighted by atomic mass is 16.4. The molecule has 1 heterocycles. The van der Waals surface area contributed by atoms with Gasteiger partial charge in [0, 0.05) is 19.6 Å². The van der Waals surface area contributed by atoms with E-state index in [2.05, 4.69) is 5.43 Å². The molecule has 12 heavy (non-hydrogen) atoms. The average molecular weight is 172 g/mol. The van der Waals surface area contributed by atoms with Crippen molar-refractivity contribution in [3.05, 3.63) is 0 Å². The van der Waals surface area contributed by atoms with E-state index >= 15 is 0 Å². The van der Waals surface area contributed by atoms with Crippen LogP contribution >= 0.6 is 0 Å². The molecule has 1 aliphatic heterocycles. The van der Waals surface area contributed by atoms with Crippen LogP contribution in [0.4, 0.5) is 0 Å². The van der Waals surface area contributed by atoms with E-state index in [1.165, 1.54) is 0 Å². The molecule has 0 saturated carbocycles. The molecule has 0 aromatic rings. The molecule has 0 aliphatic carbocycles. The number of nitrogens with one attached hydrogen (secondary N) is 1. The molecular formula is C8H16N2O2. The number of hydrazine groups is 1. The first-order valence-corrected chi connectivity index (χ1v) is 4.24. The Morgan fingerprint density at radius 1 is 1.67 bits per heavy atom. The molecule has 4 nitrogen and oxygen atoms in total. The molecule has 1 rings (SSSR count). The second kappa shape index (κ2) is 3.41. The van der Waals surface area contributed by atoms with Crippen LogP contribution in [-0.4, -0.2) is 35.7 Å². The summed E-state index contributed by atoms with van der Waals surface area (Å²) < 4.78 is 0. The minimum absolute atomic E-state index is 0.572. The van der Waals surface area contributed by atoms with Gasteiger partial charge in [-0.1, -0.05) is 0 Å². The summed E-state index contributed by atoms with van der Waals surface area (Å²) in [5, 5.41) is 10.8. The minimum atomic E-state index is -0.740. The minimum Gasteiger partial charge on any atom is -0.481 e. The molecule has 0 bridgehead atoms. The fourth-order valence-electron chi connectivity index (χ4n) is 1.27. The van der Waals surface area contributed by atoms with Crippen LogP contribution in [0.25, 0.3) is 0 Å². The fraction of sp³-hybridized carbons (Fsp3) is 0.875. The van der Waals surface area contributed by atoms with Crippen molar-refractivity contribution in [2.75, 3.05) is 19.6 Å². The highest BCUT2D eigenvalue weighted by Gasteiger charge is 2.30. The van der Waals surface area contributed by atoms with Crippen LogP contribution in [0.2, 0.25) is 0 Å². The lowest BCUT2D eigenvalue weighted by molar-refractivity contribution is -0.148. The van der Waals surface area contributed by atoms with E-state index in [0.717, 1.165) is 19.5 Å². The molecule has 0 unspecified atom stereocenters. The molecule has 70 valence electrons. The standard InChI is InChI=1S/C8H16N2O2/c1-8(2,7(11)12)6-10-5-3-4-9-10/h9H,3-6H2,1-2H3,(H,11,12). The molecule has 0 aromatic heterocycles. The zero-order valence-corrected chi connectivity index (χ0v) is 7.63. The van der Waals surface area contributed by atoms with Crippen molar-refractivity contribution in [1.82, 2.24) is 10.4 Å². The molecule has 4 heteroatoms. The summed E-state index contributed by atoms with van der Waals surface area (Å²) in [5.74, 6) is -0.740. The Bertz CT molecular complexity index is 174. The van der Waals surface area contributed by atoms with Gasteiger partial charge in [-0.3, -0.25) is 10.2 Å². The third-order valence-electron chi connectivity index (χ3n) is 2.11. The van der Waals surface area contributed by atoms with E-state index < -0.39 is 11.4 Å². The van der Waals surface area contributed by atoms with Gasteiger partial charge in [0.2, 0.25) is 0 Å². The second-order valence-electron chi connectivity index (χ2n) is 3.87. The molecule has 1 fully saturated rings. The van der Waals surface area contributed by atoms with Gasteiger partial charge in [-0.15, -0.1) is 0 Å². The molecule has 1 saturated heterocycles. The first-order valence-electron chi connectivity index (χ1n) is 4.24. The van der Waals surface area contributed by atoms with Crippen molar-refractivity contribution in [2.45, 2.75) is 20.3 Å².